The van der Waals surface area contributed by atoms with Crippen molar-refractivity contribution in [3.8, 4) is 11.5 Å². The average Bonchev–Trinajstić information content (AvgIpc) is 2.48. The lowest BCUT2D eigenvalue weighted by Gasteiger charge is -2.30. The van der Waals surface area contributed by atoms with Crippen LogP contribution in [-0.4, -0.2) is 12.2 Å². The summed E-state index contributed by atoms with van der Waals surface area (Å²) in [6.45, 7) is 0. The maximum Gasteiger partial charge on any atom is 0.127 e. The van der Waals surface area contributed by atoms with E-state index in [4.69, 9.17) is 9.47 Å². The largest absolute Gasteiger partial charge is 0.497 e. The number of aliphatic hydroxyl groups is 1. The van der Waals surface area contributed by atoms with Crippen LogP contribution in [0, 0.1) is 5.82 Å². The molecule has 2 atom stereocenters. The standard InChI is InChI=1S/C16H15FO3/c1-19-12-5-2-10(3-6-12)16-9-14(18)13-8-11(17)4-7-15(13)20-16/h2-8,14,16,18H,9H2,1H3/t14-,16?/m0/s1. The SMILES string of the molecule is COc1ccc(C2C[C@H](O)c3cc(F)ccc3O2)cc1. The van der Waals surface area contributed by atoms with E-state index in [0.717, 1.165) is 11.3 Å². The molecule has 20 heavy (non-hydrogen) atoms. The zero-order valence-corrected chi connectivity index (χ0v) is 11.0. The van der Waals surface area contributed by atoms with Crippen molar-refractivity contribution in [2.45, 2.75) is 18.6 Å². The predicted octanol–water partition coefficient (Wildman–Crippen LogP) is 3.39. The molecule has 3 rings (SSSR count). The third-order valence-electron chi connectivity index (χ3n) is 3.52. The van der Waals surface area contributed by atoms with E-state index in [0.29, 0.717) is 17.7 Å². The molecule has 1 unspecified atom stereocenters. The summed E-state index contributed by atoms with van der Waals surface area (Å²) < 4.78 is 24.2. The first-order valence-electron chi connectivity index (χ1n) is 6.45. The molecule has 0 spiro atoms. The number of benzene rings is 2. The van der Waals surface area contributed by atoms with E-state index in [1.54, 1.807) is 13.2 Å². The molecule has 1 aliphatic heterocycles. The van der Waals surface area contributed by atoms with Gasteiger partial charge in [0, 0.05) is 12.0 Å². The summed E-state index contributed by atoms with van der Waals surface area (Å²) in [7, 11) is 1.61. The number of methoxy groups -OCH3 is 1. The molecule has 4 heteroatoms. The van der Waals surface area contributed by atoms with E-state index < -0.39 is 6.10 Å². The van der Waals surface area contributed by atoms with Crippen LogP contribution in [0.4, 0.5) is 4.39 Å². The van der Waals surface area contributed by atoms with Gasteiger partial charge in [-0.15, -0.1) is 0 Å². The van der Waals surface area contributed by atoms with Crippen LogP contribution in [0.2, 0.25) is 0 Å². The lowest BCUT2D eigenvalue weighted by atomic mass is 9.95. The van der Waals surface area contributed by atoms with Crippen molar-refractivity contribution in [3.63, 3.8) is 0 Å². The molecule has 0 amide bonds. The number of rotatable bonds is 2. The molecule has 0 bridgehead atoms. The molecule has 1 heterocycles. The quantitative estimate of drug-likeness (QED) is 0.912. The monoisotopic (exact) mass is 274 g/mol. The Morgan fingerprint density at radius 2 is 1.95 bits per heavy atom. The molecular weight excluding hydrogens is 259 g/mol. The minimum absolute atomic E-state index is 0.242. The molecule has 104 valence electrons. The van der Waals surface area contributed by atoms with Crippen LogP contribution in [0.1, 0.15) is 29.8 Å². The first-order valence-corrected chi connectivity index (χ1v) is 6.45. The molecule has 0 fully saturated rings. The van der Waals surface area contributed by atoms with Crippen molar-refractivity contribution < 1.29 is 19.0 Å². The molecule has 0 radical (unpaired) electrons. The van der Waals surface area contributed by atoms with Gasteiger partial charge < -0.3 is 14.6 Å². The summed E-state index contributed by atoms with van der Waals surface area (Å²) in [6, 6.07) is 11.7. The van der Waals surface area contributed by atoms with Crippen LogP contribution < -0.4 is 9.47 Å². The van der Waals surface area contributed by atoms with Gasteiger partial charge in [-0.25, -0.2) is 4.39 Å². The van der Waals surface area contributed by atoms with E-state index in [-0.39, 0.29) is 11.9 Å². The summed E-state index contributed by atoms with van der Waals surface area (Å²) in [6.07, 6.45) is -0.557. The zero-order chi connectivity index (χ0) is 14.1. The Balaban J connectivity index is 1.88. The van der Waals surface area contributed by atoms with Crippen LogP contribution in [0.5, 0.6) is 11.5 Å². The number of aliphatic hydroxyl groups excluding tert-OH is 1. The second-order valence-corrected chi connectivity index (χ2v) is 4.81. The van der Waals surface area contributed by atoms with Gasteiger partial charge in [0.2, 0.25) is 0 Å². The summed E-state index contributed by atoms with van der Waals surface area (Å²) >= 11 is 0. The van der Waals surface area contributed by atoms with Gasteiger partial charge in [0.05, 0.1) is 13.2 Å². The third kappa shape index (κ3) is 2.34. The fourth-order valence-electron chi connectivity index (χ4n) is 2.44. The fraction of sp³-hybridized carbons (Fsp3) is 0.250. The molecule has 2 aromatic rings. The fourth-order valence-corrected chi connectivity index (χ4v) is 2.44. The topological polar surface area (TPSA) is 38.7 Å². The third-order valence-corrected chi connectivity index (χ3v) is 3.52. The van der Waals surface area contributed by atoms with Crippen molar-refractivity contribution in [2.75, 3.05) is 7.11 Å². The first-order chi connectivity index (χ1) is 9.67. The van der Waals surface area contributed by atoms with Crippen molar-refractivity contribution in [1.82, 2.24) is 0 Å². The first kappa shape index (κ1) is 12.9. The van der Waals surface area contributed by atoms with Crippen molar-refractivity contribution >= 4 is 0 Å². The Morgan fingerprint density at radius 1 is 1.20 bits per heavy atom. The number of ether oxygens (including phenoxy) is 2. The van der Waals surface area contributed by atoms with Crippen molar-refractivity contribution in [3.05, 3.63) is 59.4 Å². The Labute approximate surface area is 116 Å². The number of hydrogen-bond acceptors (Lipinski definition) is 3. The highest BCUT2D eigenvalue weighted by atomic mass is 19.1. The molecule has 3 nitrogen and oxygen atoms in total. The van der Waals surface area contributed by atoms with Crippen molar-refractivity contribution in [1.29, 1.82) is 0 Å². The molecule has 2 aromatic carbocycles. The zero-order valence-electron chi connectivity index (χ0n) is 11.0. The highest BCUT2D eigenvalue weighted by Crippen LogP contribution is 2.41. The van der Waals surface area contributed by atoms with Crippen LogP contribution in [0.15, 0.2) is 42.5 Å². The van der Waals surface area contributed by atoms with Gasteiger partial charge in [0.1, 0.15) is 23.4 Å². The molecular formula is C16H15FO3. The molecule has 1 aliphatic rings. The minimum atomic E-state index is -0.721. The number of halogens is 1. The Morgan fingerprint density at radius 3 is 2.65 bits per heavy atom. The summed E-state index contributed by atoms with van der Waals surface area (Å²) in [5, 5.41) is 10.1. The summed E-state index contributed by atoms with van der Waals surface area (Å²) in [4.78, 5) is 0. The number of fused-ring (bicyclic) bond motifs is 1. The average molecular weight is 274 g/mol. The smallest absolute Gasteiger partial charge is 0.127 e. The Bertz CT molecular complexity index is 610. The predicted molar refractivity (Wildman–Crippen MR) is 72.3 cm³/mol. The van der Waals surface area contributed by atoms with Gasteiger partial charge in [-0.05, 0) is 35.9 Å². The van der Waals surface area contributed by atoms with Gasteiger partial charge in [0.25, 0.3) is 0 Å². The second kappa shape index (κ2) is 5.13. The van der Waals surface area contributed by atoms with Crippen molar-refractivity contribution in [2.24, 2.45) is 0 Å². The molecule has 0 saturated heterocycles. The lowest BCUT2D eigenvalue weighted by Crippen LogP contribution is -2.19. The second-order valence-electron chi connectivity index (χ2n) is 4.81. The maximum absolute atomic E-state index is 13.2. The maximum atomic E-state index is 13.2. The minimum Gasteiger partial charge on any atom is -0.497 e. The van der Waals surface area contributed by atoms with Gasteiger partial charge in [-0.3, -0.25) is 0 Å². The van der Waals surface area contributed by atoms with Gasteiger partial charge in [-0.1, -0.05) is 12.1 Å². The van der Waals surface area contributed by atoms with E-state index >= 15 is 0 Å². The molecule has 0 aromatic heterocycles. The Hall–Kier alpha value is -2.07. The van der Waals surface area contributed by atoms with Crippen LogP contribution in [0.3, 0.4) is 0 Å². The van der Waals surface area contributed by atoms with E-state index in [2.05, 4.69) is 0 Å². The van der Waals surface area contributed by atoms with E-state index in [1.807, 2.05) is 24.3 Å². The molecule has 0 saturated carbocycles. The highest BCUT2D eigenvalue weighted by molar-refractivity contribution is 5.39. The normalized spacial score (nSPS) is 20.9. The molecule has 1 N–H and O–H groups in total. The summed E-state index contributed by atoms with van der Waals surface area (Å²) in [5.41, 5.74) is 1.47. The van der Waals surface area contributed by atoms with Crippen LogP contribution in [0.25, 0.3) is 0 Å². The van der Waals surface area contributed by atoms with Gasteiger partial charge in [0.15, 0.2) is 0 Å². The van der Waals surface area contributed by atoms with Crippen LogP contribution in [-0.2, 0) is 0 Å². The Kier molecular flexibility index (Phi) is 3.32. The highest BCUT2D eigenvalue weighted by Gasteiger charge is 2.28. The van der Waals surface area contributed by atoms with E-state index in [9.17, 15) is 9.50 Å². The molecule has 0 aliphatic carbocycles. The summed E-state index contributed by atoms with van der Waals surface area (Å²) in [5.74, 6) is 0.938. The van der Waals surface area contributed by atoms with Gasteiger partial charge in [-0.2, -0.15) is 0 Å². The number of hydrogen-bond donors (Lipinski definition) is 1. The van der Waals surface area contributed by atoms with Gasteiger partial charge >= 0.3 is 0 Å². The lowest BCUT2D eigenvalue weighted by molar-refractivity contribution is 0.0653. The van der Waals surface area contributed by atoms with E-state index in [1.165, 1.54) is 12.1 Å². The van der Waals surface area contributed by atoms with Crippen LogP contribution >= 0.6 is 0 Å².